The van der Waals surface area contributed by atoms with Gasteiger partial charge >= 0.3 is 0 Å². The zero-order valence-corrected chi connectivity index (χ0v) is 8.45. The molecule has 2 rings (SSSR count). The van der Waals surface area contributed by atoms with Crippen molar-refractivity contribution in [3.63, 3.8) is 0 Å². The minimum Gasteiger partial charge on any atom is -0.291 e. The molecule has 0 atom stereocenters. The molecule has 0 unspecified atom stereocenters. The van der Waals surface area contributed by atoms with Crippen LogP contribution in [0.25, 0.3) is 5.52 Å². The molecule has 0 N–H and O–H groups in total. The van der Waals surface area contributed by atoms with Gasteiger partial charge in [0, 0.05) is 17.6 Å². The van der Waals surface area contributed by atoms with Gasteiger partial charge in [-0.25, -0.2) is 9.50 Å². The molecule has 0 fully saturated rings. The van der Waals surface area contributed by atoms with Gasteiger partial charge in [-0.2, -0.15) is 0 Å². The summed E-state index contributed by atoms with van der Waals surface area (Å²) < 4.78 is 2.54. The van der Waals surface area contributed by atoms with Crippen molar-refractivity contribution in [2.75, 3.05) is 0 Å². The number of rotatable bonds is 1. The minimum absolute atomic E-state index is 0.133. The van der Waals surface area contributed by atoms with E-state index in [-0.39, 0.29) is 11.6 Å². The lowest BCUT2D eigenvalue weighted by Gasteiger charge is -1.95. The number of hydrogen-bond donors (Lipinski definition) is 0. The summed E-state index contributed by atoms with van der Waals surface area (Å²) in [5, 5.41) is 4.02. The highest BCUT2D eigenvalue weighted by atomic mass is 79.9. The molecule has 0 saturated heterocycles. The van der Waals surface area contributed by atoms with Crippen LogP contribution in [0.1, 0.15) is 17.5 Å². The number of aromatic nitrogens is 3. The second kappa shape index (κ2) is 2.92. The highest BCUT2D eigenvalue weighted by Crippen LogP contribution is 2.16. The van der Waals surface area contributed by atoms with Crippen LogP contribution in [0.4, 0.5) is 0 Å². The van der Waals surface area contributed by atoms with Gasteiger partial charge in [-0.15, -0.1) is 5.10 Å². The van der Waals surface area contributed by atoms with Crippen LogP contribution in [-0.2, 0) is 0 Å². The van der Waals surface area contributed by atoms with E-state index in [0.717, 1.165) is 9.99 Å². The van der Waals surface area contributed by atoms with Gasteiger partial charge in [0.05, 0.1) is 11.7 Å². The molecule has 2 aromatic heterocycles. The lowest BCUT2D eigenvalue weighted by atomic mass is 10.4. The van der Waals surface area contributed by atoms with Crippen LogP contribution < -0.4 is 0 Å². The maximum atomic E-state index is 10.9. The largest absolute Gasteiger partial charge is 0.291 e. The van der Waals surface area contributed by atoms with Crippen LogP contribution in [0.15, 0.2) is 22.9 Å². The fraction of sp³-hybridized carbons (Fsp3) is 0.125. The third-order valence-electron chi connectivity index (χ3n) is 1.68. The summed E-state index contributed by atoms with van der Waals surface area (Å²) in [6, 6.07) is 1.86. The molecular formula is C8H6BrN3O. The summed E-state index contributed by atoms with van der Waals surface area (Å²) in [6.45, 7) is 1.44. The van der Waals surface area contributed by atoms with E-state index in [1.54, 1.807) is 16.9 Å². The van der Waals surface area contributed by atoms with E-state index < -0.39 is 0 Å². The predicted molar refractivity (Wildman–Crippen MR) is 50.7 cm³/mol. The highest BCUT2D eigenvalue weighted by molar-refractivity contribution is 9.10. The van der Waals surface area contributed by atoms with E-state index in [2.05, 4.69) is 26.0 Å². The van der Waals surface area contributed by atoms with E-state index in [0.29, 0.717) is 0 Å². The van der Waals surface area contributed by atoms with Crippen LogP contribution in [0.2, 0.25) is 0 Å². The van der Waals surface area contributed by atoms with Gasteiger partial charge in [0.1, 0.15) is 0 Å². The van der Waals surface area contributed by atoms with E-state index in [4.69, 9.17) is 0 Å². The Kier molecular flexibility index (Phi) is 1.88. The van der Waals surface area contributed by atoms with Gasteiger partial charge in [-0.05, 0) is 22.0 Å². The number of fused-ring (bicyclic) bond motifs is 1. The van der Waals surface area contributed by atoms with Crippen LogP contribution in [0, 0.1) is 0 Å². The summed E-state index contributed by atoms with van der Waals surface area (Å²) >= 11 is 3.34. The average Bonchev–Trinajstić information content (AvgIpc) is 2.47. The van der Waals surface area contributed by atoms with Gasteiger partial charge in [0.25, 0.3) is 0 Å². The van der Waals surface area contributed by atoms with Crippen molar-refractivity contribution in [3.05, 3.63) is 28.8 Å². The molecule has 0 aliphatic heterocycles. The molecule has 0 aromatic carbocycles. The molecule has 2 aromatic rings. The Morgan fingerprint density at radius 1 is 1.62 bits per heavy atom. The van der Waals surface area contributed by atoms with Crippen LogP contribution in [0.3, 0.4) is 0 Å². The number of halogens is 1. The molecule has 66 valence electrons. The zero-order valence-electron chi connectivity index (χ0n) is 6.86. The summed E-state index contributed by atoms with van der Waals surface area (Å²) in [7, 11) is 0. The van der Waals surface area contributed by atoms with Crippen molar-refractivity contribution in [2.45, 2.75) is 6.92 Å². The standard InChI is InChI=1S/C8H6BrN3O/c1-5(13)8-10-4-7-6(9)2-3-12(7)11-8/h2-4H,1H3. The summed E-state index contributed by atoms with van der Waals surface area (Å²) in [5.74, 6) is 0.0994. The third-order valence-corrected chi connectivity index (χ3v) is 2.35. The summed E-state index contributed by atoms with van der Waals surface area (Å²) in [6.07, 6.45) is 3.39. The molecule has 0 aliphatic carbocycles. The third kappa shape index (κ3) is 1.35. The molecule has 0 spiro atoms. The Bertz CT molecular complexity index is 477. The van der Waals surface area contributed by atoms with Crippen molar-refractivity contribution in [2.24, 2.45) is 0 Å². The molecule has 0 amide bonds. The zero-order chi connectivity index (χ0) is 9.42. The topological polar surface area (TPSA) is 47.3 Å². The van der Waals surface area contributed by atoms with Gasteiger partial charge in [0.15, 0.2) is 5.78 Å². The minimum atomic E-state index is -0.133. The van der Waals surface area contributed by atoms with Crippen molar-refractivity contribution in [1.82, 2.24) is 14.6 Å². The second-order valence-corrected chi connectivity index (χ2v) is 3.49. The Labute approximate surface area is 82.7 Å². The van der Waals surface area contributed by atoms with E-state index >= 15 is 0 Å². The average molecular weight is 240 g/mol. The SMILES string of the molecule is CC(=O)c1ncc2c(Br)ccn2n1. The van der Waals surface area contributed by atoms with Crippen molar-refractivity contribution < 1.29 is 4.79 Å². The van der Waals surface area contributed by atoms with Crippen LogP contribution in [0.5, 0.6) is 0 Å². The van der Waals surface area contributed by atoms with Crippen molar-refractivity contribution in [3.8, 4) is 0 Å². The fourth-order valence-electron chi connectivity index (χ4n) is 1.03. The van der Waals surface area contributed by atoms with E-state index in [1.165, 1.54) is 6.92 Å². The number of ketones is 1. The quantitative estimate of drug-likeness (QED) is 0.712. The molecule has 13 heavy (non-hydrogen) atoms. The lowest BCUT2D eigenvalue weighted by Crippen LogP contribution is -2.04. The van der Waals surface area contributed by atoms with E-state index in [1.807, 2.05) is 6.07 Å². The second-order valence-electron chi connectivity index (χ2n) is 2.63. The Hall–Kier alpha value is -1.23. The normalized spacial score (nSPS) is 10.6. The first-order valence-electron chi connectivity index (χ1n) is 3.69. The number of carbonyl (C=O) groups excluding carboxylic acids is 1. The number of Topliss-reactive ketones (excluding diaryl/α,β-unsaturated/α-hetero) is 1. The van der Waals surface area contributed by atoms with Crippen molar-refractivity contribution >= 4 is 27.2 Å². The van der Waals surface area contributed by atoms with Gasteiger partial charge in [-0.3, -0.25) is 4.79 Å². The number of hydrogen-bond acceptors (Lipinski definition) is 3. The molecule has 5 heteroatoms. The fourth-order valence-corrected chi connectivity index (χ4v) is 1.43. The smallest absolute Gasteiger partial charge is 0.215 e. The lowest BCUT2D eigenvalue weighted by molar-refractivity contribution is 0.100. The maximum absolute atomic E-state index is 10.9. The first kappa shape index (κ1) is 8.37. The molecular weight excluding hydrogens is 234 g/mol. The molecule has 4 nitrogen and oxygen atoms in total. The Balaban J connectivity index is 2.70. The van der Waals surface area contributed by atoms with Gasteiger partial charge in [0.2, 0.25) is 5.82 Å². The van der Waals surface area contributed by atoms with E-state index in [9.17, 15) is 4.79 Å². The molecule has 0 saturated carbocycles. The monoisotopic (exact) mass is 239 g/mol. The molecule has 0 radical (unpaired) electrons. The van der Waals surface area contributed by atoms with Crippen LogP contribution >= 0.6 is 15.9 Å². The van der Waals surface area contributed by atoms with Gasteiger partial charge < -0.3 is 0 Å². The van der Waals surface area contributed by atoms with Crippen molar-refractivity contribution in [1.29, 1.82) is 0 Å². The first-order chi connectivity index (χ1) is 6.18. The molecule has 2 heterocycles. The first-order valence-corrected chi connectivity index (χ1v) is 4.48. The maximum Gasteiger partial charge on any atom is 0.215 e. The molecule has 0 aliphatic rings. The molecule has 0 bridgehead atoms. The summed E-state index contributed by atoms with van der Waals surface area (Å²) in [4.78, 5) is 14.9. The highest BCUT2D eigenvalue weighted by Gasteiger charge is 2.05. The van der Waals surface area contributed by atoms with Crippen LogP contribution in [-0.4, -0.2) is 20.4 Å². The number of carbonyl (C=O) groups is 1. The Morgan fingerprint density at radius 3 is 3.08 bits per heavy atom. The van der Waals surface area contributed by atoms with Gasteiger partial charge in [-0.1, -0.05) is 0 Å². The summed E-state index contributed by atoms with van der Waals surface area (Å²) in [5.41, 5.74) is 0.852. The Morgan fingerprint density at radius 2 is 2.38 bits per heavy atom. The number of nitrogens with zero attached hydrogens (tertiary/aromatic N) is 3. The predicted octanol–water partition coefficient (Wildman–Crippen LogP) is 1.69.